The SMILES string of the molecule is COc1cc(C)[nH]c(=O)c1CNC(=O)c1c(C)n(C(=O)CC(C)C)c2ccccc12. The van der Waals surface area contributed by atoms with Crippen LogP contribution in [0.4, 0.5) is 0 Å². The van der Waals surface area contributed by atoms with Gasteiger partial charge in [0, 0.05) is 23.2 Å². The molecule has 0 radical (unpaired) electrons. The van der Waals surface area contributed by atoms with Crippen LogP contribution in [0.25, 0.3) is 10.9 Å². The van der Waals surface area contributed by atoms with E-state index in [4.69, 9.17) is 4.74 Å². The highest BCUT2D eigenvalue weighted by molar-refractivity contribution is 6.11. The second kappa shape index (κ2) is 8.57. The topological polar surface area (TPSA) is 93.2 Å². The average molecular weight is 409 g/mol. The number of carbonyl (C=O) groups is 2. The second-order valence-corrected chi connectivity index (χ2v) is 7.82. The first kappa shape index (κ1) is 21.4. The number of hydrogen-bond acceptors (Lipinski definition) is 4. The number of rotatable bonds is 6. The third-order valence-corrected chi connectivity index (χ3v) is 5.05. The molecule has 0 bridgehead atoms. The highest BCUT2D eigenvalue weighted by atomic mass is 16.5. The number of benzene rings is 1. The number of aryl methyl sites for hydroxylation is 1. The van der Waals surface area contributed by atoms with E-state index in [2.05, 4.69) is 10.3 Å². The van der Waals surface area contributed by atoms with Crippen LogP contribution in [-0.4, -0.2) is 28.5 Å². The lowest BCUT2D eigenvalue weighted by atomic mass is 10.1. The lowest BCUT2D eigenvalue weighted by Gasteiger charge is -2.11. The van der Waals surface area contributed by atoms with Crippen LogP contribution in [0.5, 0.6) is 5.75 Å². The van der Waals surface area contributed by atoms with E-state index >= 15 is 0 Å². The molecule has 1 amide bonds. The quantitative estimate of drug-likeness (QED) is 0.651. The summed E-state index contributed by atoms with van der Waals surface area (Å²) in [7, 11) is 1.48. The zero-order valence-corrected chi connectivity index (χ0v) is 18.0. The number of H-pyrrole nitrogens is 1. The average Bonchev–Trinajstić information content (AvgIpc) is 2.97. The van der Waals surface area contributed by atoms with Crippen molar-refractivity contribution in [2.24, 2.45) is 5.92 Å². The summed E-state index contributed by atoms with van der Waals surface area (Å²) in [5.74, 6) is 0.232. The molecule has 0 unspecified atom stereocenters. The van der Waals surface area contributed by atoms with Crippen LogP contribution < -0.4 is 15.6 Å². The Morgan fingerprint density at radius 2 is 1.90 bits per heavy atom. The van der Waals surface area contributed by atoms with Gasteiger partial charge in [-0.3, -0.25) is 19.0 Å². The Labute approximate surface area is 175 Å². The maximum absolute atomic E-state index is 13.1. The Balaban J connectivity index is 1.98. The van der Waals surface area contributed by atoms with Crippen molar-refractivity contribution in [2.75, 3.05) is 7.11 Å². The number of ether oxygens (including phenoxy) is 1. The zero-order chi connectivity index (χ0) is 22.0. The highest BCUT2D eigenvalue weighted by Crippen LogP contribution is 2.27. The molecule has 2 heterocycles. The molecular weight excluding hydrogens is 382 g/mol. The summed E-state index contributed by atoms with van der Waals surface area (Å²) in [4.78, 5) is 41.0. The van der Waals surface area contributed by atoms with E-state index in [1.165, 1.54) is 7.11 Å². The maximum atomic E-state index is 13.1. The van der Waals surface area contributed by atoms with E-state index in [1.807, 2.05) is 38.1 Å². The molecule has 0 saturated heterocycles. The molecule has 0 spiro atoms. The number of methoxy groups -OCH3 is 1. The minimum Gasteiger partial charge on any atom is -0.496 e. The van der Waals surface area contributed by atoms with Crippen molar-refractivity contribution >= 4 is 22.7 Å². The molecule has 2 aromatic heterocycles. The minimum absolute atomic E-state index is 0.0104. The molecule has 3 aromatic rings. The van der Waals surface area contributed by atoms with E-state index in [1.54, 1.807) is 24.5 Å². The van der Waals surface area contributed by atoms with Gasteiger partial charge in [-0.2, -0.15) is 0 Å². The fraction of sp³-hybridized carbons (Fsp3) is 0.348. The van der Waals surface area contributed by atoms with Crippen molar-refractivity contribution in [2.45, 2.75) is 40.7 Å². The van der Waals surface area contributed by atoms with Crippen molar-refractivity contribution in [3.05, 3.63) is 63.2 Å². The zero-order valence-electron chi connectivity index (χ0n) is 18.0. The number of pyridine rings is 1. The normalized spacial score (nSPS) is 11.1. The smallest absolute Gasteiger partial charge is 0.256 e. The Bertz CT molecular complexity index is 1170. The predicted molar refractivity (Wildman–Crippen MR) is 116 cm³/mol. The van der Waals surface area contributed by atoms with Crippen molar-refractivity contribution in [1.82, 2.24) is 14.9 Å². The number of hydrogen-bond donors (Lipinski definition) is 2. The largest absolute Gasteiger partial charge is 0.496 e. The fourth-order valence-electron chi connectivity index (χ4n) is 3.71. The molecule has 158 valence electrons. The highest BCUT2D eigenvalue weighted by Gasteiger charge is 2.23. The second-order valence-electron chi connectivity index (χ2n) is 7.82. The summed E-state index contributed by atoms with van der Waals surface area (Å²) in [5, 5.41) is 3.52. The molecule has 0 saturated carbocycles. The van der Waals surface area contributed by atoms with Crippen LogP contribution in [0.3, 0.4) is 0 Å². The van der Waals surface area contributed by atoms with Crippen molar-refractivity contribution < 1.29 is 14.3 Å². The first-order chi connectivity index (χ1) is 14.2. The van der Waals surface area contributed by atoms with E-state index in [0.29, 0.717) is 45.6 Å². The van der Waals surface area contributed by atoms with Gasteiger partial charge in [-0.05, 0) is 31.9 Å². The van der Waals surface area contributed by atoms with Gasteiger partial charge in [-0.1, -0.05) is 32.0 Å². The van der Waals surface area contributed by atoms with Gasteiger partial charge in [0.05, 0.1) is 30.3 Å². The summed E-state index contributed by atoms with van der Waals surface area (Å²) < 4.78 is 6.91. The van der Waals surface area contributed by atoms with Gasteiger partial charge in [0.1, 0.15) is 5.75 Å². The number of nitrogens with one attached hydrogen (secondary N) is 2. The van der Waals surface area contributed by atoms with E-state index in [-0.39, 0.29) is 29.8 Å². The molecular formula is C23H27N3O4. The lowest BCUT2D eigenvalue weighted by Crippen LogP contribution is -2.28. The van der Waals surface area contributed by atoms with Crippen molar-refractivity contribution in [3.8, 4) is 5.75 Å². The molecule has 0 fully saturated rings. The van der Waals surface area contributed by atoms with Gasteiger partial charge in [0.25, 0.3) is 11.5 Å². The monoisotopic (exact) mass is 409 g/mol. The summed E-state index contributed by atoms with van der Waals surface area (Å²) in [5.41, 5.74) is 2.44. The predicted octanol–water partition coefficient (Wildman–Crippen LogP) is 3.57. The number of amides is 1. The first-order valence-corrected chi connectivity index (χ1v) is 9.92. The fourth-order valence-corrected chi connectivity index (χ4v) is 3.71. The van der Waals surface area contributed by atoms with Crippen molar-refractivity contribution in [3.63, 3.8) is 0 Å². The summed E-state index contributed by atoms with van der Waals surface area (Å²) in [6, 6.07) is 9.06. The van der Waals surface area contributed by atoms with Crippen molar-refractivity contribution in [1.29, 1.82) is 0 Å². The third-order valence-electron chi connectivity index (χ3n) is 5.05. The number of nitrogens with zero attached hydrogens (tertiary/aromatic N) is 1. The van der Waals surface area contributed by atoms with Crippen LogP contribution >= 0.6 is 0 Å². The molecule has 7 nitrogen and oxygen atoms in total. The molecule has 1 aromatic carbocycles. The molecule has 0 aliphatic carbocycles. The third kappa shape index (κ3) is 4.01. The number of carbonyl (C=O) groups excluding carboxylic acids is 2. The molecule has 0 aliphatic heterocycles. The number of para-hydroxylation sites is 1. The Hall–Kier alpha value is -3.35. The van der Waals surface area contributed by atoms with Gasteiger partial charge in [-0.25, -0.2) is 0 Å². The molecule has 0 aliphatic rings. The van der Waals surface area contributed by atoms with Crippen LogP contribution in [0.15, 0.2) is 35.1 Å². The van der Waals surface area contributed by atoms with E-state index in [0.717, 1.165) is 0 Å². The first-order valence-electron chi connectivity index (χ1n) is 9.92. The Morgan fingerprint density at radius 1 is 1.20 bits per heavy atom. The molecule has 2 N–H and O–H groups in total. The van der Waals surface area contributed by atoms with Crippen LogP contribution in [0, 0.1) is 19.8 Å². The van der Waals surface area contributed by atoms with Crippen LogP contribution in [0.2, 0.25) is 0 Å². The summed E-state index contributed by atoms with van der Waals surface area (Å²) in [6.07, 6.45) is 0.385. The van der Waals surface area contributed by atoms with Gasteiger partial charge in [-0.15, -0.1) is 0 Å². The number of fused-ring (bicyclic) bond motifs is 1. The Kier molecular flexibility index (Phi) is 6.10. The van der Waals surface area contributed by atoms with Gasteiger partial charge >= 0.3 is 0 Å². The molecule has 30 heavy (non-hydrogen) atoms. The van der Waals surface area contributed by atoms with E-state index in [9.17, 15) is 14.4 Å². The van der Waals surface area contributed by atoms with Crippen LogP contribution in [0.1, 0.15) is 52.4 Å². The summed E-state index contributed by atoms with van der Waals surface area (Å²) in [6.45, 7) is 7.51. The summed E-state index contributed by atoms with van der Waals surface area (Å²) >= 11 is 0. The van der Waals surface area contributed by atoms with E-state index < -0.39 is 0 Å². The molecule has 7 heteroatoms. The number of aromatic nitrogens is 2. The van der Waals surface area contributed by atoms with Crippen LogP contribution in [-0.2, 0) is 6.54 Å². The molecule has 0 atom stereocenters. The standard InChI is InChI=1S/C23H27N3O4/c1-13(2)10-20(27)26-15(4)21(16-8-6-7-9-18(16)26)23(29)24-12-17-19(30-5)11-14(3)25-22(17)28/h6-9,11,13H,10,12H2,1-5H3,(H,24,29)(H,25,28). The Morgan fingerprint density at radius 3 is 2.57 bits per heavy atom. The minimum atomic E-state index is -0.346. The van der Waals surface area contributed by atoms with Gasteiger partial charge < -0.3 is 15.0 Å². The molecule has 3 rings (SSSR count). The maximum Gasteiger partial charge on any atom is 0.256 e. The van der Waals surface area contributed by atoms with Gasteiger partial charge in [0.2, 0.25) is 5.91 Å². The van der Waals surface area contributed by atoms with Gasteiger partial charge in [0.15, 0.2) is 0 Å². The lowest BCUT2D eigenvalue weighted by molar-refractivity contribution is 0.0890. The number of aromatic amines is 1.